The molecule has 8 nitrogen and oxygen atoms in total. The van der Waals surface area contributed by atoms with Gasteiger partial charge in [0.15, 0.2) is 23.0 Å². The summed E-state index contributed by atoms with van der Waals surface area (Å²) in [5.74, 6) is 2.31. The Morgan fingerprint density at radius 3 is 2.59 bits per heavy atom. The molecule has 0 saturated carbocycles. The van der Waals surface area contributed by atoms with Gasteiger partial charge in [0.25, 0.3) is 0 Å². The molecule has 9 heteroatoms. The van der Waals surface area contributed by atoms with Gasteiger partial charge in [-0.05, 0) is 29.3 Å². The third-order valence-electron chi connectivity index (χ3n) is 4.77. The largest absolute Gasteiger partial charge is 0.493 e. The average Bonchev–Trinajstić information content (AvgIpc) is 3.16. The molecule has 0 unspecified atom stereocenters. The number of nitrogens with zero attached hydrogens (tertiary/aromatic N) is 5. The predicted octanol–water partition coefficient (Wildman–Crippen LogP) is 2.35. The minimum atomic E-state index is 0.220. The minimum absolute atomic E-state index is 0.220. The minimum Gasteiger partial charge on any atom is -0.493 e. The van der Waals surface area contributed by atoms with Crippen molar-refractivity contribution in [1.82, 2.24) is 24.8 Å². The van der Waals surface area contributed by atoms with Crippen molar-refractivity contribution in [3.05, 3.63) is 35.4 Å². The number of benzene rings is 1. The van der Waals surface area contributed by atoms with Gasteiger partial charge < -0.3 is 19.4 Å². The highest BCUT2D eigenvalue weighted by Gasteiger charge is 2.22. The van der Waals surface area contributed by atoms with Gasteiger partial charge in [0.05, 0.1) is 20.5 Å². The number of fused-ring (bicyclic) bond motifs is 1. The number of H-pyrrole nitrogens is 1. The highest BCUT2D eigenvalue weighted by Crippen LogP contribution is 2.28. The van der Waals surface area contributed by atoms with E-state index >= 15 is 0 Å². The Morgan fingerprint density at radius 1 is 1.07 bits per heavy atom. The number of aromatic nitrogens is 4. The summed E-state index contributed by atoms with van der Waals surface area (Å²) in [5, 5.41) is 0.220. The van der Waals surface area contributed by atoms with Gasteiger partial charge in [0.2, 0.25) is 5.28 Å². The third kappa shape index (κ3) is 3.63. The summed E-state index contributed by atoms with van der Waals surface area (Å²) in [6.07, 6.45) is 1.62. The first-order chi connectivity index (χ1) is 13.2. The van der Waals surface area contributed by atoms with Crippen LogP contribution >= 0.6 is 11.6 Å². The van der Waals surface area contributed by atoms with Crippen LogP contribution < -0.4 is 14.4 Å². The van der Waals surface area contributed by atoms with Gasteiger partial charge in [0, 0.05) is 32.7 Å². The number of piperazine rings is 1. The number of halogens is 1. The summed E-state index contributed by atoms with van der Waals surface area (Å²) >= 11 is 6.05. The zero-order valence-electron chi connectivity index (χ0n) is 15.3. The first-order valence-corrected chi connectivity index (χ1v) is 9.10. The molecule has 0 bridgehead atoms. The number of ether oxygens (including phenoxy) is 2. The molecule has 0 radical (unpaired) electrons. The monoisotopic (exact) mass is 388 g/mol. The van der Waals surface area contributed by atoms with Crippen molar-refractivity contribution in [2.24, 2.45) is 0 Å². The maximum Gasteiger partial charge on any atom is 0.226 e. The van der Waals surface area contributed by atoms with Gasteiger partial charge in [-0.2, -0.15) is 9.97 Å². The van der Waals surface area contributed by atoms with Crippen molar-refractivity contribution in [2.45, 2.75) is 6.54 Å². The third-order valence-corrected chi connectivity index (χ3v) is 4.93. The molecule has 0 aliphatic carbocycles. The van der Waals surface area contributed by atoms with Crippen LogP contribution in [-0.2, 0) is 6.54 Å². The SMILES string of the molecule is COc1ccc(CN2CCN(c3nc(Cl)nc4nc[nH]c34)CC2)cc1OC. The van der Waals surface area contributed by atoms with Crippen molar-refractivity contribution in [2.75, 3.05) is 45.3 Å². The number of nitrogens with one attached hydrogen (secondary N) is 1. The topological polar surface area (TPSA) is 79.4 Å². The molecule has 27 heavy (non-hydrogen) atoms. The van der Waals surface area contributed by atoms with Crippen molar-refractivity contribution in [3.63, 3.8) is 0 Å². The van der Waals surface area contributed by atoms with Gasteiger partial charge in [-0.3, -0.25) is 4.90 Å². The quantitative estimate of drug-likeness (QED) is 0.672. The van der Waals surface area contributed by atoms with E-state index in [4.69, 9.17) is 21.1 Å². The van der Waals surface area contributed by atoms with Gasteiger partial charge in [-0.25, -0.2) is 4.98 Å². The van der Waals surface area contributed by atoms with E-state index in [1.165, 1.54) is 5.56 Å². The zero-order valence-corrected chi connectivity index (χ0v) is 16.0. The van der Waals surface area contributed by atoms with E-state index < -0.39 is 0 Å². The molecule has 0 atom stereocenters. The molecular weight excluding hydrogens is 368 g/mol. The average molecular weight is 389 g/mol. The van der Waals surface area contributed by atoms with E-state index in [2.05, 4.69) is 35.8 Å². The predicted molar refractivity (Wildman–Crippen MR) is 104 cm³/mol. The van der Waals surface area contributed by atoms with Crippen molar-refractivity contribution in [1.29, 1.82) is 0 Å². The van der Waals surface area contributed by atoms with E-state index in [0.29, 0.717) is 5.65 Å². The molecule has 3 heterocycles. The van der Waals surface area contributed by atoms with Crippen LogP contribution in [0.5, 0.6) is 11.5 Å². The standard InChI is InChI=1S/C18H21ClN6O2/c1-26-13-4-3-12(9-14(13)27-2)10-24-5-7-25(8-6-24)17-15-16(21-11-20-15)22-18(19)23-17/h3-4,9,11H,5-8,10H2,1-2H3,(H,20,21,22,23). The fourth-order valence-corrected chi connectivity index (χ4v) is 3.54. The van der Waals surface area contributed by atoms with Gasteiger partial charge >= 0.3 is 0 Å². The number of rotatable bonds is 5. The van der Waals surface area contributed by atoms with Crippen LogP contribution in [0.4, 0.5) is 5.82 Å². The Labute approximate surface area is 162 Å². The highest BCUT2D eigenvalue weighted by molar-refractivity contribution is 6.28. The molecule has 142 valence electrons. The second-order valence-electron chi connectivity index (χ2n) is 6.37. The van der Waals surface area contributed by atoms with Crippen LogP contribution in [0.15, 0.2) is 24.5 Å². The summed E-state index contributed by atoms with van der Waals surface area (Å²) in [6.45, 7) is 4.42. The number of hydrogen-bond donors (Lipinski definition) is 1. The second kappa shape index (κ2) is 7.58. The lowest BCUT2D eigenvalue weighted by Crippen LogP contribution is -2.46. The fourth-order valence-electron chi connectivity index (χ4n) is 3.38. The van der Waals surface area contributed by atoms with Crippen LogP contribution in [0.3, 0.4) is 0 Å². The molecule has 2 aromatic heterocycles. The lowest BCUT2D eigenvalue weighted by atomic mass is 10.1. The summed E-state index contributed by atoms with van der Waals surface area (Å²) in [6, 6.07) is 6.05. The normalized spacial score (nSPS) is 15.3. The smallest absolute Gasteiger partial charge is 0.226 e. The zero-order chi connectivity index (χ0) is 18.8. The van der Waals surface area contributed by atoms with Crippen LogP contribution in [0.25, 0.3) is 11.2 Å². The summed E-state index contributed by atoms with van der Waals surface area (Å²) in [4.78, 5) is 20.5. The molecule has 0 spiro atoms. The lowest BCUT2D eigenvalue weighted by molar-refractivity contribution is 0.249. The number of imidazole rings is 1. The Bertz CT molecular complexity index is 939. The maximum absolute atomic E-state index is 6.05. The summed E-state index contributed by atoms with van der Waals surface area (Å²) in [7, 11) is 3.30. The first-order valence-electron chi connectivity index (χ1n) is 8.72. The molecule has 1 saturated heterocycles. The number of aromatic amines is 1. The van der Waals surface area contributed by atoms with Crippen LogP contribution in [0.2, 0.25) is 5.28 Å². The molecule has 1 aromatic carbocycles. The van der Waals surface area contributed by atoms with Gasteiger partial charge in [-0.1, -0.05) is 6.07 Å². The number of anilines is 1. The van der Waals surface area contributed by atoms with Crippen LogP contribution in [0.1, 0.15) is 5.56 Å². The molecule has 3 aromatic rings. The molecule has 1 aliphatic rings. The van der Waals surface area contributed by atoms with E-state index in [-0.39, 0.29) is 5.28 Å². The molecule has 1 fully saturated rings. The van der Waals surface area contributed by atoms with Crippen molar-refractivity contribution < 1.29 is 9.47 Å². The fraction of sp³-hybridized carbons (Fsp3) is 0.389. The summed E-state index contributed by atoms with van der Waals surface area (Å²) < 4.78 is 10.7. The Balaban J connectivity index is 1.44. The Morgan fingerprint density at radius 2 is 1.85 bits per heavy atom. The summed E-state index contributed by atoms with van der Waals surface area (Å²) in [5.41, 5.74) is 2.62. The Hall–Kier alpha value is -2.58. The lowest BCUT2D eigenvalue weighted by Gasteiger charge is -2.35. The second-order valence-corrected chi connectivity index (χ2v) is 6.71. The Kier molecular flexibility index (Phi) is 5.00. The van der Waals surface area contributed by atoms with E-state index in [0.717, 1.165) is 55.6 Å². The van der Waals surface area contributed by atoms with Crippen LogP contribution in [0, 0.1) is 0 Å². The maximum atomic E-state index is 6.05. The van der Waals surface area contributed by atoms with Gasteiger partial charge in [-0.15, -0.1) is 0 Å². The number of methoxy groups -OCH3 is 2. The molecule has 0 amide bonds. The van der Waals surface area contributed by atoms with Gasteiger partial charge in [0.1, 0.15) is 5.52 Å². The van der Waals surface area contributed by atoms with Crippen LogP contribution in [-0.4, -0.2) is 65.2 Å². The highest BCUT2D eigenvalue weighted by atomic mass is 35.5. The molecule has 1 aliphatic heterocycles. The molecular formula is C18H21ClN6O2. The van der Waals surface area contributed by atoms with E-state index in [9.17, 15) is 0 Å². The molecule has 4 rings (SSSR count). The van der Waals surface area contributed by atoms with Crippen molar-refractivity contribution in [3.8, 4) is 11.5 Å². The first kappa shape index (κ1) is 17.8. The van der Waals surface area contributed by atoms with E-state index in [1.54, 1.807) is 20.5 Å². The number of hydrogen-bond acceptors (Lipinski definition) is 7. The van der Waals surface area contributed by atoms with E-state index in [1.807, 2.05) is 12.1 Å². The van der Waals surface area contributed by atoms with Crippen molar-refractivity contribution >= 4 is 28.6 Å². The molecule has 1 N–H and O–H groups in total.